The minimum absolute atomic E-state index is 0.334. The van der Waals surface area contributed by atoms with Gasteiger partial charge in [0.2, 0.25) is 5.91 Å². The lowest BCUT2D eigenvalue weighted by Gasteiger charge is -2.15. The minimum atomic E-state index is -0.797. The molecule has 7 nitrogen and oxygen atoms in total. The summed E-state index contributed by atoms with van der Waals surface area (Å²) in [4.78, 5) is 36.3. The number of nitrogens with zero attached hydrogens (tertiary/aromatic N) is 2. The topological polar surface area (TPSA) is 114 Å². The van der Waals surface area contributed by atoms with Gasteiger partial charge in [-0.1, -0.05) is 30.3 Å². The largest absolute Gasteiger partial charge is 0.368 e. The van der Waals surface area contributed by atoms with Gasteiger partial charge in [0.1, 0.15) is 11.9 Å². The molecule has 0 aliphatic carbocycles. The Morgan fingerprint density at radius 3 is 2.52 bits per heavy atom. The van der Waals surface area contributed by atoms with Gasteiger partial charge in [-0.3, -0.25) is 14.6 Å². The van der Waals surface area contributed by atoms with Crippen molar-refractivity contribution in [3.05, 3.63) is 84.2 Å². The van der Waals surface area contributed by atoms with Crippen LogP contribution in [0, 0.1) is 0 Å². The van der Waals surface area contributed by atoms with Crippen molar-refractivity contribution in [2.45, 2.75) is 12.5 Å². The smallest absolute Gasteiger partial charge is 0.252 e. The molecule has 0 aliphatic rings. The third-order valence-electron chi connectivity index (χ3n) is 4.63. The van der Waals surface area contributed by atoms with Crippen molar-refractivity contribution in [1.82, 2.24) is 20.3 Å². The van der Waals surface area contributed by atoms with E-state index < -0.39 is 11.9 Å². The van der Waals surface area contributed by atoms with Crippen LogP contribution in [0.2, 0.25) is 0 Å². The number of aromatic amines is 1. The first-order valence-electron chi connectivity index (χ1n) is 9.14. The third-order valence-corrected chi connectivity index (χ3v) is 4.63. The standard InChI is InChI=1S/C22H19N5O2/c23-20(28)19(12-14-4-2-1-3-5-14)27-22(29)16-6-7-17-18(13-16)26-21(25-17)15-8-10-24-11-9-15/h1-11,13,19H,12H2,(H2,23,28)(H,25,26)(H,27,29). The van der Waals surface area contributed by atoms with Gasteiger partial charge < -0.3 is 16.0 Å². The number of imidazole rings is 1. The van der Waals surface area contributed by atoms with Crippen LogP contribution in [-0.2, 0) is 11.2 Å². The molecule has 2 aromatic carbocycles. The van der Waals surface area contributed by atoms with Crippen molar-refractivity contribution in [2.75, 3.05) is 0 Å². The van der Waals surface area contributed by atoms with Crippen LogP contribution in [-0.4, -0.2) is 32.8 Å². The van der Waals surface area contributed by atoms with Crippen LogP contribution in [0.1, 0.15) is 15.9 Å². The number of hydrogen-bond donors (Lipinski definition) is 3. The van der Waals surface area contributed by atoms with Crippen LogP contribution in [0.3, 0.4) is 0 Å². The lowest BCUT2D eigenvalue weighted by molar-refractivity contribution is -0.119. The van der Waals surface area contributed by atoms with E-state index in [0.29, 0.717) is 17.8 Å². The summed E-state index contributed by atoms with van der Waals surface area (Å²) in [6.07, 6.45) is 3.72. The maximum atomic E-state index is 12.7. The number of pyridine rings is 1. The molecule has 4 N–H and O–H groups in total. The van der Waals surface area contributed by atoms with Crippen LogP contribution in [0.15, 0.2) is 73.1 Å². The molecule has 1 atom stereocenters. The number of H-pyrrole nitrogens is 1. The van der Waals surface area contributed by atoms with Crippen LogP contribution < -0.4 is 11.1 Å². The number of aromatic nitrogens is 3. The van der Waals surface area contributed by atoms with E-state index in [1.165, 1.54) is 0 Å². The average molecular weight is 385 g/mol. The third kappa shape index (κ3) is 4.14. The maximum Gasteiger partial charge on any atom is 0.252 e. The number of nitrogens with two attached hydrogens (primary N) is 1. The number of nitrogens with one attached hydrogen (secondary N) is 2. The molecule has 0 saturated carbocycles. The Labute approximate surface area is 167 Å². The van der Waals surface area contributed by atoms with Crippen molar-refractivity contribution < 1.29 is 9.59 Å². The van der Waals surface area contributed by atoms with E-state index in [9.17, 15) is 9.59 Å². The Hall–Kier alpha value is -4.00. The molecule has 29 heavy (non-hydrogen) atoms. The predicted molar refractivity (Wildman–Crippen MR) is 110 cm³/mol. The zero-order valence-electron chi connectivity index (χ0n) is 15.5. The lowest BCUT2D eigenvalue weighted by atomic mass is 10.0. The van der Waals surface area contributed by atoms with Gasteiger partial charge >= 0.3 is 0 Å². The molecule has 0 spiro atoms. The highest BCUT2D eigenvalue weighted by molar-refractivity contribution is 6.00. The van der Waals surface area contributed by atoms with E-state index in [0.717, 1.165) is 22.2 Å². The van der Waals surface area contributed by atoms with Gasteiger partial charge in [-0.15, -0.1) is 0 Å². The second-order valence-electron chi connectivity index (χ2n) is 6.67. The van der Waals surface area contributed by atoms with E-state index in [1.807, 2.05) is 42.5 Å². The quantitative estimate of drug-likeness (QED) is 0.473. The number of benzene rings is 2. The van der Waals surface area contributed by atoms with Gasteiger partial charge in [0, 0.05) is 29.9 Å². The van der Waals surface area contributed by atoms with Crippen LogP contribution in [0.5, 0.6) is 0 Å². The fraction of sp³-hybridized carbons (Fsp3) is 0.0909. The summed E-state index contributed by atoms with van der Waals surface area (Å²) < 4.78 is 0. The Morgan fingerprint density at radius 1 is 1.03 bits per heavy atom. The van der Waals surface area contributed by atoms with E-state index in [-0.39, 0.29) is 5.91 Å². The molecule has 2 amide bonds. The first kappa shape index (κ1) is 18.4. The van der Waals surface area contributed by atoms with Crippen molar-refractivity contribution in [2.24, 2.45) is 5.73 Å². The summed E-state index contributed by atoms with van der Waals surface area (Å²) in [7, 11) is 0. The van der Waals surface area contributed by atoms with Crippen molar-refractivity contribution in [3.8, 4) is 11.4 Å². The highest BCUT2D eigenvalue weighted by atomic mass is 16.2. The first-order valence-corrected chi connectivity index (χ1v) is 9.14. The Bertz CT molecular complexity index is 1160. The molecular formula is C22H19N5O2. The summed E-state index contributed by atoms with van der Waals surface area (Å²) in [6.45, 7) is 0. The van der Waals surface area contributed by atoms with Crippen molar-refractivity contribution >= 4 is 22.8 Å². The Kier molecular flexibility index (Phi) is 5.03. The van der Waals surface area contributed by atoms with Crippen LogP contribution in [0.4, 0.5) is 0 Å². The summed E-state index contributed by atoms with van der Waals surface area (Å²) in [5, 5.41) is 2.73. The zero-order chi connectivity index (χ0) is 20.2. The van der Waals surface area contributed by atoms with Gasteiger partial charge in [0.25, 0.3) is 5.91 Å². The van der Waals surface area contributed by atoms with E-state index in [1.54, 1.807) is 30.6 Å². The summed E-state index contributed by atoms with van der Waals surface area (Å²) in [5.41, 5.74) is 9.20. The SMILES string of the molecule is NC(=O)C(Cc1ccccc1)NC(=O)c1ccc2nc(-c3ccncc3)[nH]c2c1. The zero-order valence-corrected chi connectivity index (χ0v) is 15.5. The van der Waals surface area contributed by atoms with Crippen LogP contribution >= 0.6 is 0 Å². The number of fused-ring (bicyclic) bond motifs is 1. The molecule has 0 aliphatic heterocycles. The molecule has 7 heteroatoms. The van der Waals surface area contributed by atoms with Gasteiger partial charge in [-0.05, 0) is 35.9 Å². The second kappa shape index (κ2) is 7.93. The van der Waals surface area contributed by atoms with Crippen molar-refractivity contribution in [1.29, 1.82) is 0 Å². The fourth-order valence-corrected chi connectivity index (χ4v) is 3.11. The highest BCUT2D eigenvalue weighted by Crippen LogP contribution is 2.21. The fourth-order valence-electron chi connectivity index (χ4n) is 3.11. The molecule has 2 aromatic heterocycles. The van der Waals surface area contributed by atoms with Gasteiger partial charge in [0.15, 0.2) is 0 Å². The maximum absolute atomic E-state index is 12.7. The van der Waals surface area contributed by atoms with E-state index in [4.69, 9.17) is 5.73 Å². The highest BCUT2D eigenvalue weighted by Gasteiger charge is 2.20. The normalized spacial score (nSPS) is 11.9. The molecule has 0 fully saturated rings. The number of rotatable bonds is 6. The molecule has 0 bridgehead atoms. The Morgan fingerprint density at radius 2 is 1.79 bits per heavy atom. The first-order chi connectivity index (χ1) is 14.1. The number of primary amides is 1. The summed E-state index contributed by atoms with van der Waals surface area (Å²) in [5.74, 6) is -0.254. The molecule has 4 aromatic rings. The monoisotopic (exact) mass is 385 g/mol. The number of carbonyl (C=O) groups is 2. The molecule has 0 radical (unpaired) electrons. The van der Waals surface area contributed by atoms with E-state index >= 15 is 0 Å². The van der Waals surface area contributed by atoms with Crippen molar-refractivity contribution in [3.63, 3.8) is 0 Å². The van der Waals surface area contributed by atoms with E-state index in [2.05, 4.69) is 20.3 Å². The number of hydrogen-bond acceptors (Lipinski definition) is 4. The summed E-state index contributed by atoms with van der Waals surface area (Å²) >= 11 is 0. The van der Waals surface area contributed by atoms with Gasteiger partial charge in [0.05, 0.1) is 11.0 Å². The van der Waals surface area contributed by atoms with Gasteiger partial charge in [-0.2, -0.15) is 0 Å². The molecule has 1 unspecified atom stereocenters. The average Bonchev–Trinajstić information content (AvgIpc) is 3.18. The molecule has 144 valence electrons. The number of amides is 2. The molecule has 0 saturated heterocycles. The number of carbonyl (C=O) groups excluding carboxylic acids is 2. The minimum Gasteiger partial charge on any atom is -0.368 e. The summed E-state index contributed by atoms with van der Waals surface area (Å²) in [6, 6.07) is 17.5. The molecule has 2 heterocycles. The lowest BCUT2D eigenvalue weighted by Crippen LogP contribution is -2.45. The molecular weight excluding hydrogens is 366 g/mol. The van der Waals surface area contributed by atoms with Gasteiger partial charge in [-0.25, -0.2) is 4.98 Å². The Balaban J connectivity index is 1.55. The second-order valence-corrected chi connectivity index (χ2v) is 6.67. The molecule has 4 rings (SSSR count). The predicted octanol–water partition coefficient (Wildman–Crippen LogP) is 2.45. The van der Waals surface area contributed by atoms with Crippen LogP contribution in [0.25, 0.3) is 22.4 Å².